The van der Waals surface area contributed by atoms with Crippen molar-refractivity contribution in [3.63, 3.8) is 0 Å². The van der Waals surface area contributed by atoms with Gasteiger partial charge in [-0.2, -0.15) is 0 Å². The Hall–Kier alpha value is 0.540. The number of hydrogen-bond donors (Lipinski definition) is 0. The summed E-state index contributed by atoms with van der Waals surface area (Å²) in [6, 6.07) is 0. The highest BCUT2D eigenvalue weighted by atomic mass is 35.5. The van der Waals surface area contributed by atoms with Gasteiger partial charge in [-0.3, -0.25) is 4.90 Å². The molecule has 0 fully saturated rings. The number of alkyl halides is 2. The highest BCUT2D eigenvalue weighted by molar-refractivity contribution is 6.48. The molecule has 0 saturated heterocycles. The molecule has 0 bridgehead atoms. The fraction of sp³-hybridized carbons (Fsp3) is 1.00. The first-order chi connectivity index (χ1) is 5.27. The fourth-order valence-corrected chi connectivity index (χ4v) is 1.57. The molecule has 0 aromatic heterocycles. The minimum absolute atomic E-state index is 0.123. The average Bonchev–Trinajstić information content (AvgIpc) is 1.87. The van der Waals surface area contributed by atoms with E-state index in [1.807, 2.05) is 20.8 Å². The van der Waals surface area contributed by atoms with E-state index in [9.17, 15) is 0 Å². The lowest BCUT2D eigenvalue weighted by Gasteiger charge is -2.42. The fourth-order valence-electron chi connectivity index (χ4n) is 1.10. The summed E-state index contributed by atoms with van der Waals surface area (Å²) < 4.78 is -0.767. The highest BCUT2D eigenvalue weighted by Crippen LogP contribution is 2.42. The molecule has 3 heteroatoms. The molecule has 0 aromatic carbocycles. The zero-order valence-corrected chi connectivity index (χ0v) is 10.1. The van der Waals surface area contributed by atoms with Crippen molar-refractivity contribution in [1.29, 1.82) is 0 Å². The second-order valence-corrected chi connectivity index (χ2v) is 5.25. The molecule has 0 spiro atoms. The van der Waals surface area contributed by atoms with E-state index in [0.717, 1.165) is 13.1 Å². The Kier molecular flexibility index (Phi) is 4.35. The predicted molar refractivity (Wildman–Crippen MR) is 56.8 cm³/mol. The molecule has 0 aromatic rings. The van der Waals surface area contributed by atoms with Crippen molar-refractivity contribution in [1.82, 2.24) is 4.90 Å². The van der Waals surface area contributed by atoms with Gasteiger partial charge in [-0.25, -0.2) is 0 Å². The summed E-state index contributed by atoms with van der Waals surface area (Å²) in [5.41, 5.74) is -0.123. The summed E-state index contributed by atoms with van der Waals surface area (Å²) in [4.78, 5) is 2.05. The molecule has 0 rings (SSSR count). The van der Waals surface area contributed by atoms with Crippen LogP contribution in [0.25, 0.3) is 0 Å². The molecule has 0 N–H and O–H groups in total. The van der Waals surface area contributed by atoms with E-state index in [1.165, 1.54) is 0 Å². The van der Waals surface area contributed by atoms with Gasteiger partial charge in [-0.1, -0.05) is 57.8 Å². The second kappa shape index (κ2) is 4.17. The third-order valence-corrected chi connectivity index (χ3v) is 3.67. The Morgan fingerprint density at radius 3 is 1.42 bits per heavy atom. The first-order valence-electron chi connectivity index (χ1n) is 4.40. The highest BCUT2D eigenvalue weighted by Gasteiger charge is 2.42. The minimum Gasteiger partial charge on any atom is -0.273 e. The van der Waals surface area contributed by atoms with Gasteiger partial charge in [0.25, 0.3) is 0 Å². The molecule has 0 aliphatic heterocycles. The summed E-state index contributed by atoms with van der Waals surface area (Å²) in [5, 5.41) is 0. The van der Waals surface area contributed by atoms with Crippen LogP contribution in [0, 0.1) is 5.41 Å². The molecule has 0 heterocycles. The van der Waals surface area contributed by atoms with Crippen molar-refractivity contribution in [2.75, 3.05) is 13.1 Å². The van der Waals surface area contributed by atoms with Crippen molar-refractivity contribution in [3.05, 3.63) is 0 Å². The van der Waals surface area contributed by atoms with Gasteiger partial charge >= 0.3 is 0 Å². The van der Waals surface area contributed by atoms with Gasteiger partial charge in [-0.05, 0) is 13.1 Å². The number of halogens is 2. The van der Waals surface area contributed by atoms with Gasteiger partial charge in [0.15, 0.2) is 4.46 Å². The third-order valence-electron chi connectivity index (χ3n) is 2.06. The first-order valence-corrected chi connectivity index (χ1v) is 5.15. The van der Waals surface area contributed by atoms with Crippen LogP contribution in [0.5, 0.6) is 0 Å². The van der Waals surface area contributed by atoms with Gasteiger partial charge in [0.05, 0.1) is 0 Å². The molecule has 1 nitrogen and oxygen atoms in total. The smallest absolute Gasteiger partial charge is 0.176 e. The quantitative estimate of drug-likeness (QED) is 0.511. The summed E-state index contributed by atoms with van der Waals surface area (Å²) in [6.07, 6.45) is 0. The summed E-state index contributed by atoms with van der Waals surface area (Å²) in [5.74, 6) is 0. The van der Waals surface area contributed by atoms with Gasteiger partial charge in [0.2, 0.25) is 0 Å². The van der Waals surface area contributed by atoms with Crippen molar-refractivity contribution < 1.29 is 0 Å². The molecule has 0 amide bonds. The average molecular weight is 212 g/mol. The molecule has 0 unspecified atom stereocenters. The lowest BCUT2D eigenvalue weighted by molar-refractivity contribution is 0.139. The Morgan fingerprint density at radius 2 is 1.33 bits per heavy atom. The van der Waals surface area contributed by atoms with Crippen LogP contribution in [-0.2, 0) is 0 Å². The van der Waals surface area contributed by atoms with E-state index in [4.69, 9.17) is 23.2 Å². The Balaban J connectivity index is 4.57. The monoisotopic (exact) mass is 211 g/mol. The van der Waals surface area contributed by atoms with E-state index in [2.05, 4.69) is 18.7 Å². The van der Waals surface area contributed by atoms with Crippen LogP contribution < -0.4 is 0 Å². The molecule has 74 valence electrons. The zero-order chi connectivity index (χ0) is 9.99. The maximum Gasteiger partial charge on any atom is 0.176 e. The van der Waals surface area contributed by atoms with Crippen molar-refractivity contribution in [2.24, 2.45) is 5.41 Å². The van der Waals surface area contributed by atoms with E-state index in [0.29, 0.717) is 0 Å². The van der Waals surface area contributed by atoms with Crippen molar-refractivity contribution in [2.45, 2.75) is 39.1 Å². The summed E-state index contributed by atoms with van der Waals surface area (Å²) >= 11 is 12.5. The largest absolute Gasteiger partial charge is 0.273 e. The van der Waals surface area contributed by atoms with Gasteiger partial charge in [0, 0.05) is 5.41 Å². The van der Waals surface area contributed by atoms with Gasteiger partial charge < -0.3 is 0 Å². The van der Waals surface area contributed by atoms with Crippen LogP contribution >= 0.6 is 23.2 Å². The van der Waals surface area contributed by atoms with Gasteiger partial charge in [0.1, 0.15) is 0 Å². The Morgan fingerprint density at radius 1 is 1.00 bits per heavy atom. The molecule has 0 saturated carbocycles. The first kappa shape index (κ1) is 12.5. The lowest BCUT2D eigenvalue weighted by atomic mass is 9.95. The maximum absolute atomic E-state index is 6.27. The summed E-state index contributed by atoms with van der Waals surface area (Å²) in [7, 11) is 0. The molecule has 12 heavy (non-hydrogen) atoms. The molecule has 0 radical (unpaired) electrons. The standard InChI is InChI=1S/C9H19Cl2N/c1-6-12(7-2)9(10,11)8(3,4)5/h6-7H2,1-5H3. The number of hydrogen-bond acceptors (Lipinski definition) is 1. The molecular weight excluding hydrogens is 193 g/mol. The van der Waals surface area contributed by atoms with Crippen molar-refractivity contribution in [3.8, 4) is 0 Å². The van der Waals surface area contributed by atoms with E-state index >= 15 is 0 Å². The Labute approximate surface area is 86.0 Å². The summed E-state index contributed by atoms with van der Waals surface area (Å²) in [6.45, 7) is 12.0. The third kappa shape index (κ3) is 2.51. The van der Waals surface area contributed by atoms with E-state index in [1.54, 1.807) is 0 Å². The van der Waals surface area contributed by atoms with E-state index in [-0.39, 0.29) is 5.41 Å². The van der Waals surface area contributed by atoms with Crippen molar-refractivity contribution >= 4 is 23.2 Å². The topological polar surface area (TPSA) is 3.24 Å². The SMILES string of the molecule is CCN(CC)C(Cl)(Cl)C(C)(C)C. The molecule has 0 aliphatic rings. The minimum atomic E-state index is -0.767. The van der Waals surface area contributed by atoms with Crippen LogP contribution in [0.2, 0.25) is 0 Å². The Bertz CT molecular complexity index is 134. The van der Waals surface area contributed by atoms with Crippen LogP contribution in [0.15, 0.2) is 0 Å². The second-order valence-electron chi connectivity index (χ2n) is 3.96. The van der Waals surface area contributed by atoms with E-state index < -0.39 is 4.46 Å². The predicted octanol–water partition coefficient (Wildman–Crippen LogP) is 3.51. The van der Waals surface area contributed by atoms with Crippen LogP contribution in [-0.4, -0.2) is 22.4 Å². The van der Waals surface area contributed by atoms with Crippen LogP contribution in [0.1, 0.15) is 34.6 Å². The maximum atomic E-state index is 6.27. The number of nitrogens with zero attached hydrogens (tertiary/aromatic N) is 1. The van der Waals surface area contributed by atoms with Crippen LogP contribution in [0.3, 0.4) is 0 Å². The number of rotatable bonds is 3. The molecular formula is C9H19Cl2N. The lowest BCUT2D eigenvalue weighted by Crippen LogP contribution is -2.48. The van der Waals surface area contributed by atoms with Gasteiger partial charge in [-0.15, -0.1) is 0 Å². The zero-order valence-electron chi connectivity index (χ0n) is 8.62. The molecule has 0 aliphatic carbocycles. The molecule has 0 atom stereocenters. The normalized spacial score (nSPS) is 14.0. The van der Waals surface area contributed by atoms with Crippen LogP contribution in [0.4, 0.5) is 0 Å².